The van der Waals surface area contributed by atoms with Crippen LogP contribution in [0.25, 0.3) is 0 Å². The van der Waals surface area contributed by atoms with E-state index in [2.05, 4.69) is 0 Å². The number of benzene rings is 1. The molecule has 0 N–H and O–H groups in total. The number of carbonyl (C=O) groups is 1. The molecule has 0 aliphatic carbocycles. The van der Waals surface area contributed by atoms with Gasteiger partial charge in [0.1, 0.15) is 10.6 Å². The van der Waals surface area contributed by atoms with Crippen molar-refractivity contribution in [3.63, 3.8) is 0 Å². The Morgan fingerprint density at radius 2 is 1.88 bits per heavy atom. The van der Waals surface area contributed by atoms with Crippen LogP contribution in [0.15, 0.2) is 23.1 Å². The Morgan fingerprint density at radius 1 is 1.17 bits per heavy atom. The van der Waals surface area contributed by atoms with Gasteiger partial charge in [0.2, 0.25) is 15.9 Å². The second-order valence-corrected chi connectivity index (χ2v) is 8.24. The van der Waals surface area contributed by atoms with Gasteiger partial charge in [0, 0.05) is 33.1 Å². The minimum Gasteiger partial charge on any atom is -0.495 e. The molecule has 0 atom stereocenters. The highest BCUT2D eigenvalue weighted by molar-refractivity contribution is 7.89. The number of ether oxygens (including phenoxy) is 1. The number of hydrogen-bond acceptors (Lipinski definition) is 4. The smallest absolute Gasteiger partial charge is 0.246 e. The second-order valence-electron chi connectivity index (χ2n) is 6.33. The predicted molar refractivity (Wildman–Crippen MR) is 92.7 cm³/mol. The molecular weight excluding hydrogens is 328 g/mol. The number of amides is 1. The highest BCUT2D eigenvalue weighted by Crippen LogP contribution is 2.30. The molecule has 1 aromatic carbocycles. The SMILES string of the molecule is COc1ccc(C(C)C)cc1S(=O)(=O)N1CCCN(C(C)=O)CC1. The van der Waals surface area contributed by atoms with Crippen LogP contribution >= 0.6 is 0 Å². The van der Waals surface area contributed by atoms with E-state index in [-0.39, 0.29) is 16.7 Å². The van der Waals surface area contributed by atoms with E-state index in [1.54, 1.807) is 17.0 Å². The predicted octanol–water partition coefficient (Wildman–Crippen LogP) is 2.06. The van der Waals surface area contributed by atoms with Gasteiger partial charge in [-0.3, -0.25) is 4.79 Å². The van der Waals surface area contributed by atoms with E-state index >= 15 is 0 Å². The Morgan fingerprint density at radius 3 is 2.46 bits per heavy atom. The van der Waals surface area contributed by atoms with Crippen molar-refractivity contribution in [1.29, 1.82) is 0 Å². The van der Waals surface area contributed by atoms with Gasteiger partial charge in [0.25, 0.3) is 0 Å². The summed E-state index contributed by atoms with van der Waals surface area (Å²) >= 11 is 0. The average molecular weight is 354 g/mol. The summed E-state index contributed by atoms with van der Waals surface area (Å²) in [5, 5.41) is 0. The number of nitrogens with zero attached hydrogens (tertiary/aromatic N) is 2. The molecular formula is C17H26N2O4S. The van der Waals surface area contributed by atoms with Crippen molar-refractivity contribution < 1.29 is 17.9 Å². The third-order valence-corrected chi connectivity index (χ3v) is 6.29. The fourth-order valence-electron chi connectivity index (χ4n) is 2.84. The van der Waals surface area contributed by atoms with Crippen molar-refractivity contribution in [2.45, 2.75) is 38.0 Å². The fraction of sp³-hybridized carbons (Fsp3) is 0.588. The van der Waals surface area contributed by atoms with E-state index in [9.17, 15) is 13.2 Å². The minimum atomic E-state index is -3.66. The zero-order valence-corrected chi connectivity index (χ0v) is 15.6. The number of methoxy groups -OCH3 is 1. The lowest BCUT2D eigenvalue weighted by molar-refractivity contribution is -0.128. The largest absolute Gasteiger partial charge is 0.495 e. The normalized spacial score (nSPS) is 17.0. The summed E-state index contributed by atoms with van der Waals surface area (Å²) in [4.78, 5) is 13.4. The third-order valence-electron chi connectivity index (χ3n) is 4.37. The number of rotatable bonds is 4. The van der Waals surface area contributed by atoms with Gasteiger partial charge in [0.05, 0.1) is 7.11 Å². The molecule has 0 saturated carbocycles. The Labute approximate surface area is 144 Å². The van der Waals surface area contributed by atoms with E-state index in [1.165, 1.54) is 18.3 Å². The monoisotopic (exact) mass is 354 g/mol. The first-order valence-corrected chi connectivity index (χ1v) is 9.65. The van der Waals surface area contributed by atoms with Crippen LogP contribution in [0.4, 0.5) is 0 Å². The maximum atomic E-state index is 13.1. The molecule has 0 spiro atoms. The summed E-state index contributed by atoms with van der Waals surface area (Å²) < 4.78 is 33.0. The van der Waals surface area contributed by atoms with Gasteiger partial charge in [-0.05, 0) is 30.0 Å². The zero-order valence-electron chi connectivity index (χ0n) is 14.8. The zero-order chi connectivity index (χ0) is 17.9. The number of carbonyl (C=O) groups excluding carboxylic acids is 1. The van der Waals surface area contributed by atoms with Crippen molar-refractivity contribution in [2.75, 3.05) is 33.3 Å². The van der Waals surface area contributed by atoms with Gasteiger partial charge < -0.3 is 9.64 Å². The van der Waals surface area contributed by atoms with Gasteiger partial charge in [-0.25, -0.2) is 8.42 Å². The van der Waals surface area contributed by atoms with Crippen LogP contribution < -0.4 is 4.74 Å². The summed E-state index contributed by atoms with van der Waals surface area (Å²) in [6.45, 7) is 7.27. The fourth-order valence-corrected chi connectivity index (χ4v) is 4.50. The van der Waals surface area contributed by atoms with Crippen LogP contribution in [0.3, 0.4) is 0 Å². The maximum absolute atomic E-state index is 13.1. The van der Waals surface area contributed by atoms with Gasteiger partial charge >= 0.3 is 0 Å². The first-order valence-electron chi connectivity index (χ1n) is 8.21. The molecule has 0 bridgehead atoms. The molecule has 1 fully saturated rings. The van der Waals surface area contributed by atoms with E-state index in [0.29, 0.717) is 38.3 Å². The molecule has 1 saturated heterocycles. The summed E-state index contributed by atoms with van der Waals surface area (Å²) in [5.74, 6) is 0.558. The summed E-state index contributed by atoms with van der Waals surface area (Å²) in [5.41, 5.74) is 0.953. The van der Waals surface area contributed by atoms with Crippen molar-refractivity contribution in [3.8, 4) is 5.75 Å². The summed E-state index contributed by atoms with van der Waals surface area (Å²) in [6.07, 6.45) is 0.630. The molecule has 2 rings (SSSR count). The lowest BCUT2D eigenvalue weighted by atomic mass is 10.0. The molecule has 1 aliphatic heterocycles. The lowest BCUT2D eigenvalue weighted by Crippen LogP contribution is -2.36. The van der Waals surface area contributed by atoms with Gasteiger partial charge in [-0.15, -0.1) is 0 Å². The number of hydrogen-bond donors (Lipinski definition) is 0. The van der Waals surface area contributed by atoms with E-state index in [1.807, 2.05) is 19.9 Å². The first kappa shape index (κ1) is 18.7. The highest BCUT2D eigenvalue weighted by atomic mass is 32.2. The molecule has 24 heavy (non-hydrogen) atoms. The Hall–Kier alpha value is -1.60. The van der Waals surface area contributed by atoms with Crippen molar-refractivity contribution in [1.82, 2.24) is 9.21 Å². The molecule has 134 valence electrons. The third kappa shape index (κ3) is 3.89. The van der Waals surface area contributed by atoms with E-state index in [0.717, 1.165) is 5.56 Å². The van der Waals surface area contributed by atoms with Crippen LogP contribution in [0.5, 0.6) is 5.75 Å². The standard InChI is InChI=1S/C17H26N2O4S/c1-13(2)15-6-7-16(23-4)17(12-15)24(21,22)19-9-5-8-18(10-11-19)14(3)20/h6-7,12-13H,5,8-11H2,1-4H3. The van der Waals surface area contributed by atoms with Crippen LogP contribution in [-0.4, -0.2) is 56.8 Å². The molecule has 7 heteroatoms. The summed E-state index contributed by atoms with van der Waals surface area (Å²) in [7, 11) is -2.19. The van der Waals surface area contributed by atoms with Crippen LogP contribution in [0, 0.1) is 0 Å². The number of sulfonamides is 1. The Bertz CT molecular complexity index is 701. The quantitative estimate of drug-likeness (QED) is 0.830. The Balaban J connectivity index is 2.36. The van der Waals surface area contributed by atoms with Crippen LogP contribution in [0.2, 0.25) is 0 Å². The highest BCUT2D eigenvalue weighted by Gasteiger charge is 2.30. The van der Waals surface area contributed by atoms with Crippen molar-refractivity contribution in [2.24, 2.45) is 0 Å². The first-order chi connectivity index (χ1) is 11.3. The molecule has 0 aromatic heterocycles. The van der Waals surface area contributed by atoms with E-state index in [4.69, 9.17) is 4.74 Å². The van der Waals surface area contributed by atoms with Gasteiger partial charge in [-0.1, -0.05) is 19.9 Å². The topological polar surface area (TPSA) is 66.9 Å². The molecule has 6 nitrogen and oxygen atoms in total. The summed E-state index contributed by atoms with van der Waals surface area (Å²) in [6, 6.07) is 5.30. The molecule has 1 heterocycles. The van der Waals surface area contributed by atoms with Gasteiger partial charge in [-0.2, -0.15) is 4.31 Å². The van der Waals surface area contributed by atoms with Gasteiger partial charge in [0.15, 0.2) is 0 Å². The lowest BCUT2D eigenvalue weighted by Gasteiger charge is -2.22. The van der Waals surface area contributed by atoms with Crippen molar-refractivity contribution in [3.05, 3.63) is 23.8 Å². The average Bonchev–Trinajstić information content (AvgIpc) is 2.80. The Kier molecular flexibility index (Phi) is 5.87. The van der Waals surface area contributed by atoms with Crippen LogP contribution in [-0.2, 0) is 14.8 Å². The van der Waals surface area contributed by atoms with E-state index < -0.39 is 10.0 Å². The second kappa shape index (κ2) is 7.53. The molecule has 1 aromatic rings. The maximum Gasteiger partial charge on any atom is 0.246 e. The molecule has 0 unspecified atom stereocenters. The minimum absolute atomic E-state index is 0.0198. The van der Waals surface area contributed by atoms with Crippen LogP contribution in [0.1, 0.15) is 38.7 Å². The molecule has 1 amide bonds. The van der Waals surface area contributed by atoms with Crippen molar-refractivity contribution >= 4 is 15.9 Å². The molecule has 1 aliphatic rings. The molecule has 0 radical (unpaired) electrons.